The molecule has 102 valence electrons. The predicted molar refractivity (Wildman–Crippen MR) is 61.6 cm³/mol. The number of alkyl halides is 3. The largest absolute Gasteiger partial charge is 0.491 e. The molecule has 0 amide bonds. The van der Waals surface area contributed by atoms with Crippen LogP contribution < -0.4 is 10.1 Å². The van der Waals surface area contributed by atoms with Crippen LogP contribution in [-0.4, -0.2) is 37.1 Å². The third kappa shape index (κ3) is 6.46. The highest BCUT2D eigenvalue weighted by atomic mass is 19.4. The second kappa shape index (κ2) is 6.61. The minimum Gasteiger partial charge on any atom is -0.491 e. The highest BCUT2D eigenvalue weighted by molar-refractivity contribution is 5.26. The van der Waals surface area contributed by atoms with Gasteiger partial charge in [0.05, 0.1) is 6.54 Å². The maximum Gasteiger partial charge on any atom is 0.401 e. The third-order valence-electron chi connectivity index (χ3n) is 2.17. The predicted octanol–water partition coefficient (Wildman–Crippen LogP) is 1.89. The minimum absolute atomic E-state index is 0.0477. The number of rotatable bonds is 6. The quantitative estimate of drug-likeness (QED) is 0.823. The highest BCUT2D eigenvalue weighted by Gasteiger charge is 2.26. The lowest BCUT2D eigenvalue weighted by Crippen LogP contribution is -2.37. The summed E-state index contributed by atoms with van der Waals surface area (Å²) in [7, 11) is 0. The Morgan fingerprint density at radius 3 is 2.44 bits per heavy atom. The van der Waals surface area contributed by atoms with Gasteiger partial charge in [0.15, 0.2) is 0 Å². The number of hydrogen-bond donors (Lipinski definition) is 2. The van der Waals surface area contributed by atoms with Crippen molar-refractivity contribution in [3.05, 3.63) is 29.8 Å². The molecule has 2 N–H and O–H groups in total. The molecule has 3 nitrogen and oxygen atoms in total. The summed E-state index contributed by atoms with van der Waals surface area (Å²) in [5.74, 6) is 0.579. The molecule has 0 aliphatic heterocycles. The second-order valence-corrected chi connectivity index (χ2v) is 4.02. The minimum atomic E-state index is -4.27. The zero-order valence-electron chi connectivity index (χ0n) is 10.00. The molecule has 1 atom stereocenters. The Labute approximate surface area is 104 Å². The fourth-order valence-electron chi connectivity index (χ4n) is 1.27. The monoisotopic (exact) mass is 263 g/mol. The first-order valence-electron chi connectivity index (χ1n) is 5.52. The Bertz CT molecular complexity index is 351. The van der Waals surface area contributed by atoms with Crippen LogP contribution in [0.4, 0.5) is 13.2 Å². The summed E-state index contributed by atoms with van der Waals surface area (Å²) in [4.78, 5) is 0. The second-order valence-electron chi connectivity index (χ2n) is 4.02. The maximum absolute atomic E-state index is 11.8. The summed E-state index contributed by atoms with van der Waals surface area (Å²) >= 11 is 0. The summed E-state index contributed by atoms with van der Waals surface area (Å²) in [5.41, 5.74) is 1.08. The molecule has 0 aromatic heterocycles. The maximum atomic E-state index is 11.8. The number of hydrogen-bond acceptors (Lipinski definition) is 3. The lowest BCUT2D eigenvalue weighted by atomic mass is 10.2. The van der Waals surface area contributed by atoms with E-state index in [1.54, 1.807) is 12.1 Å². The molecule has 6 heteroatoms. The normalized spacial score (nSPS) is 13.4. The molecule has 1 rings (SSSR count). The van der Waals surface area contributed by atoms with Crippen molar-refractivity contribution in [2.24, 2.45) is 0 Å². The zero-order chi connectivity index (χ0) is 13.6. The molecule has 0 aliphatic rings. The molecule has 0 spiro atoms. The Morgan fingerprint density at radius 2 is 1.89 bits per heavy atom. The Morgan fingerprint density at radius 1 is 1.28 bits per heavy atom. The number of nitrogens with one attached hydrogen (secondary N) is 1. The van der Waals surface area contributed by atoms with E-state index >= 15 is 0 Å². The van der Waals surface area contributed by atoms with Crippen molar-refractivity contribution >= 4 is 0 Å². The van der Waals surface area contributed by atoms with Crippen LogP contribution in [0.15, 0.2) is 24.3 Å². The first-order chi connectivity index (χ1) is 8.37. The molecule has 0 heterocycles. The van der Waals surface area contributed by atoms with E-state index in [9.17, 15) is 18.3 Å². The van der Waals surface area contributed by atoms with Gasteiger partial charge in [-0.3, -0.25) is 0 Å². The van der Waals surface area contributed by atoms with Gasteiger partial charge in [-0.2, -0.15) is 13.2 Å². The van der Waals surface area contributed by atoms with Gasteiger partial charge in [0.2, 0.25) is 0 Å². The van der Waals surface area contributed by atoms with E-state index in [0.717, 1.165) is 5.56 Å². The summed E-state index contributed by atoms with van der Waals surface area (Å²) in [6.45, 7) is 0.605. The molecule has 0 bridgehead atoms. The lowest BCUT2D eigenvalue weighted by molar-refractivity contribution is -0.125. The molecule has 0 saturated carbocycles. The molecule has 1 aromatic rings. The molecule has 18 heavy (non-hydrogen) atoms. The fourth-order valence-corrected chi connectivity index (χ4v) is 1.27. The van der Waals surface area contributed by atoms with E-state index in [1.165, 1.54) is 0 Å². The number of aliphatic hydroxyl groups excluding tert-OH is 1. The van der Waals surface area contributed by atoms with E-state index in [1.807, 2.05) is 19.1 Å². The van der Waals surface area contributed by atoms with Crippen molar-refractivity contribution < 1.29 is 23.0 Å². The molecule has 0 saturated heterocycles. The van der Waals surface area contributed by atoms with E-state index in [4.69, 9.17) is 4.74 Å². The summed E-state index contributed by atoms with van der Waals surface area (Å²) in [6.07, 6.45) is -5.24. The number of aryl methyl sites for hydroxylation is 1. The van der Waals surface area contributed by atoms with Crippen LogP contribution >= 0.6 is 0 Å². The molecule has 0 fully saturated rings. The molecule has 1 unspecified atom stereocenters. The first kappa shape index (κ1) is 14.8. The topological polar surface area (TPSA) is 41.5 Å². The van der Waals surface area contributed by atoms with Crippen molar-refractivity contribution in [1.82, 2.24) is 5.32 Å². The average molecular weight is 263 g/mol. The number of ether oxygens (including phenoxy) is 1. The van der Waals surface area contributed by atoms with Gasteiger partial charge in [-0.05, 0) is 19.1 Å². The van der Waals surface area contributed by atoms with Crippen molar-refractivity contribution in [3.63, 3.8) is 0 Å². The number of benzene rings is 1. The van der Waals surface area contributed by atoms with E-state index in [2.05, 4.69) is 5.32 Å². The van der Waals surface area contributed by atoms with Crippen LogP contribution in [0.1, 0.15) is 5.56 Å². The Kier molecular flexibility index (Phi) is 5.43. The van der Waals surface area contributed by atoms with Crippen LogP contribution in [0.2, 0.25) is 0 Å². The van der Waals surface area contributed by atoms with Crippen LogP contribution in [0.3, 0.4) is 0 Å². The van der Waals surface area contributed by atoms with Crippen LogP contribution in [-0.2, 0) is 0 Å². The summed E-state index contributed by atoms with van der Waals surface area (Å²) in [5, 5.41) is 11.5. The molecular weight excluding hydrogens is 247 g/mol. The lowest BCUT2D eigenvalue weighted by Gasteiger charge is -2.14. The highest BCUT2D eigenvalue weighted by Crippen LogP contribution is 2.13. The number of halogens is 3. The third-order valence-corrected chi connectivity index (χ3v) is 2.17. The Balaban J connectivity index is 2.21. The average Bonchev–Trinajstić information content (AvgIpc) is 2.26. The van der Waals surface area contributed by atoms with Gasteiger partial charge in [0, 0.05) is 6.54 Å². The van der Waals surface area contributed by atoms with Crippen LogP contribution in [0, 0.1) is 6.92 Å². The van der Waals surface area contributed by atoms with Crippen molar-refractivity contribution in [2.75, 3.05) is 19.7 Å². The standard InChI is InChI=1S/C12H16F3NO2/c1-9-2-4-11(5-3-9)18-7-10(17)6-16-8-12(13,14)15/h2-5,10,16-17H,6-8H2,1H3. The fraction of sp³-hybridized carbons (Fsp3) is 0.500. The van der Waals surface area contributed by atoms with E-state index < -0.39 is 18.8 Å². The van der Waals surface area contributed by atoms with Crippen LogP contribution in [0.5, 0.6) is 5.75 Å². The van der Waals surface area contributed by atoms with Gasteiger partial charge in [-0.1, -0.05) is 17.7 Å². The van der Waals surface area contributed by atoms with Crippen molar-refractivity contribution in [1.29, 1.82) is 0 Å². The van der Waals surface area contributed by atoms with Gasteiger partial charge in [-0.25, -0.2) is 0 Å². The molecular formula is C12H16F3NO2. The van der Waals surface area contributed by atoms with E-state index in [0.29, 0.717) is 5.75 Å². The SMILES string of the molecule is Cc1ccc(OCC(O)CNCC(F)(F)F)cc1. The van der Waals surface area contributed by atoms with Crippen LogP contribution in [0.25, 0.3) is 0 Å². The van der Waals surface area contributed by atoms with Gasteiger partial charge in [0.1, 0.15) is 18.5 Å². The number of aliphatic hydroxyl groups is 1. The summed E-state index contributed by atoms with van der Waals surface area (Å²) < 4.78 is 40.7. The molecule has 0 radical (unpaired) electrons. The van der Waals surface area contributed by atoms with Gasteiger partial charge >= 0.3 is 6.18 Å². The zero-order valence-corrected chi connectivity index (χ0v) is 10.00. The molecule has 1 aromatic carbocycles. The first-order valence-corrected chi connectivity index (χ1v) is 5.52. The Hall–Kier alpha value is -1.27. The smallest absolute Gasteiger partial charge is 0.401 e. The van der Waals surface area contributed by atoms with Gasteiger partial charge in [0.25, 0.3) is 0 Å². The molecule has 0 aliphatic carbocycles. The van der Waals surface area contributed by atoms with Gasteiger partial charge in [-0.15, -0.1) is 0 Å². The summed E-state index contributed by atoms with van der Waals surface area (Å²) in [6, 6.07) is 7.18. The van der Waals surface area contributed by atoms with Gasteiger partial charge < -0.3 is 15.2 Å². The van der Waals surface area contributed by atoms with E-state index in [-0.39, 0.29) is 13.2 Å². The van der Waals surface area contributed by atoms with Crippen molar-refractivity contribution in [3.8, 4) is 5.75 Å². The van der Waals surface area contributed by atoms with Crippen molar-refractivity contribution in [2.45, 2.75) is 19.2 Å².